The van der Waals surface area contributed by atoms with Crippen LogP contribution in [0, 0.1) is 0 Å². The van der Waals surface area contributed by atoms with E-state index in [0.717, 1.165) is 13.2 Å². The molecule has 1 heterocycles. The van der Waals surface area contributed by atoms with Crippen molar-refractivity contribution < 1.29 is 4.74 Å². The standard InChI is InChI=1S/C17H25NO/c1-2-10-16-14(6-1)7-3-11-17(16)18-12-4-8-15-9-5-13-19-15/h1-2,6,10,15,17-18H,3-5,7-9,11-13H2. The van der Waals surface area contributed by atoms with Crippen molar-refractivity contribution >= 4 is 0 Å². The fourth-order valence-corrected chi connectivity index (χ4v) is 3.44. The summed E-state index contributed by atoms with van der Waals surface area (Å²) in [5, 5.41) is 3.75. The monoisotopic (exact) mass is 259 g/mol. The van der Waals surface area contributed by atoms with Crippen LogP contribution in [0.4, 0.5) is 0 Å². The van der Waals surface area contributed by atoms with E-state index in [0.29, 0.717) is 12.1 Å². The van der Waals surface area contributed by atoms with E-state index in [1.165, 1.54) is 50.5 Å². The topological polar surface area (TPSA) is 21.3 Å². The van der Waals surface area contributed by atoms with Crippen LogP contribution in [0.3, 0.4) is 0 Å². The molecule has 1 saturated heterocycles. The summed E-state index contributed by atoms with van der Waals surface area (Å²) in [6, 6.07) is 9.50. The van der Waals surface area contributed by atoms with Crippen LogP contribution in [0.2, 0.25) is 0 Å². The van der Waals surface area contributed by atoms with Gasteiger partial charge in [-0.1, -0.05) is 24.3 Å². The van der Waals surface area contributed by atoms with Gasteiger partial charge in [-0.25, -0.2) is 0 Å². The first-order valence-electron chi connectivity index (χ1n) is 7.86. The van der Waals surface area contributed by atoms with E-state index in [-0.39, 0.29) is 0 Å². The van der Waals surface area contributed by atoms with Gasteiger partial charge in [0.15, 0.2) is 0 Å². The fraction of sp³-hybridized carbons (Fsp3) is 0.647. The minimum absolute atomic E-state index is 0.542. The third-order valence-corrected chi connectivity index (χ3v) is 4.49. The Bertz CT molecular complexity index is 398. The van der Waals surface area contributed by atoms with Crippen molar-refractivity contribution in [1.29, 1.82) is 0 Å². The lowest BCUT2D eigenvalue weighted by atomic mass is 9.88. The molecule has 2 nitrogen and oxygen atoms in total. The molecule has 0 amide bonds. The molecule has 0 radical (unpaired) electrons. The summed E-state index contributed by atoms with van der Waals surface area (Å²) in [6.07, 6.45) is 9.40. The SMILES string of the molecule is c1ccc2c(c1)CCCC2NCCCC1CCCO1. The zero-order chi connectivity index (χ0) is 12.9. The summed E-state index contributed by atoms with van der Waals surface area (Å²) >= 11 is 0. The predicted octanol–water partition coefficient (Wildman–Crippen LogP) is 3.61. The summed E-state index contributed by atoms with van der Waals surface area (Å²) in [7, 11) is 0. The highest BCUT2D eigenvalue weighted by molar-refractivity contribution is 5.32. The Morgan fingerprint density at radius 2 is 2.11 bits per heavy atom. The first-order valence-corrected chi connectivity index (χ1v) is 7.86. The van der Waals surface area contributed by atoms with Crippen molar-refractivity contribution in [2.24, 2.45) is 0 Å². The van der Waals surface area contributed by atoms with E-state index in [2.05, 4.69) is 29.6 Å². The Hall–Kier alpha value is -0.860. The summed E-state index contributed by atoms with van der Waals surface area (Å²) in [6.45, 7) is 2.10. The van der Waals surface area contributed by atoms with Crippen LogP contribution in [0.25, 0.3) is 0 Å². The normalized spacial score (nSPS) is 26.3. The number of rotatable bonds is 5. The van der Waals surface area contributed by atoms with Gasteiger partial charge >= 0.3 is 0 Å². The fourth-order valence-electron chi connectivity index (χ4n) is 3.44. The second-order valence-corrected chi connectivity index (χ2v) is 5.88. The van der Waals surface area contributed by atoms with E-state index in [1.54, 1.807) is 5.56 Å². The quantitative estimate of drug-likeness (QED) is 0.816. The van der Waals surface area contributed by atoms with Gasteiger partial charge in [-0.05, 0) is 62.6 Å². The molecule has 0 saturated carbocycles. The van der Waals surface area contributed by atoms with Crippen molar-refractivity contribution in [2.45, 2.75) is 57.1 Å². The van der Waals surface area contributed by atoms with E-state index in [1.807, 2.05) is 0 Å². The third kappa shape index (κ3) is 3.37. The van der Waals surface area contributed by atoms with E-state index in [4.69, 9.17) is 4.74 Å². The molecule has 2 unspecified atom stereocenters. The van der Waals surface area contributed by atoms with Gasteiger partial charge in [0.2, 0.25) is 0 Å². The molecular formula is C17H25NO. The highest BCUT2D eigenvalue weighted by Crippen LogP contribution is 2.29. The van der Waals surface area contributed by atoms with Gasteiger partial charge in [0.05, 0.1) is 6.10 Å². The Kier molecular flexibility index (Phi) is 4.52. The molecule has 2 heteroatoms. The Balaban J connectivity index is 1.45. The number of fused-ring (bicyclic) bond motifs is 1. The predicted molar refractivity (Wildman–Crippen MR) is 78.3 cm³/mol. The minimum atomic E-state index is 0.542. The number of ether oxygens (including phenoxy) is 1. The van der Waals surface area contributed by atoms with E-state index < -0.39 is 0 Å². The first kappa shape index (κ1) is 13.1. The minimum Gasteiger partial charge on any atom is -0.378 e. The lowest BCUT2D eigenvalue weighted by Crippen LogP contribution is -2.26. The van der Waals surface area contributed by atoms with Crippen molar-refractivity contribution in [2.75, 3.05) is 13.2 Å². The van der Waals surface area contributed by atoms with Gasteiger partial charge in [-0.3, -0.25) is 0 Å². The molecular weight excluding hydrogens is 234 g/mol. The second-order valence-electron chi connectivity index (χ2n) is 5.88. The zero-order valence-electron chi connectivity index (χ0n) is 11.7. The molecule has 1 N–H and O–H groups in total. The van der Waals surface area contributed by atoms with E-state index in [9.17, 15) is 0 Å². The summed E-state index contributed by atoms with van der Waals surface area (Å²) in [4.78, 5) is 0. The number of nitrogens with one attached hydrogen (secondary N) is 1. The molecule has 1 aromatic rings. The molecule has 0 bridgehead atoms. The highest BCUT2D eigenvalue weighted by Gasteiger charge is 2.19. The maximum absolute atomic E-state index is 5.67. The van der Waals surface area contributed by atoms with Crippen LogP contribution >= 0.6 is 0 Å². The highest BCUT2D eigenvalue weighted by atomic mass is 16.5. The maximum atomic E-state index is 5.67. The molecule has 1 aliphatic heterocycles. The second kappa shape index (κ2) is 6.53. The Labute approximate surface area is 116 Å². The largest absolute Gasteiger partial charge is 0.378 e. The molecule has 2 atom stereocenters. The zero-order valence-corrected chi connectivity index (χ0v) is 11.7. The summed E-state index contributed by atoms with van der Waals surface area (Å²) in [5.74, 6) is 0. The lowest BCUT2D eigenvalue weighted by Gasteiger charge is -2.26. The van der Waals surface area contributed by atoms with Crippen molar-refractivity contribution in [3.05, 3.63) is 35.4 Å². The number of benzene rings is 1. The number of hydrogen-bond acceptors (Lipinski definition) is 2. The smallest absolute Gasteiger partial charge is 0.0576 e. The van der Waals surface area contributed by atoms with Crippen LogP contribution in [0.15, 0.2) is 24.3 Å². The third-order valence-electron chi connectivity index (χ3n) is 4.49. The van der Waals surface area contributed by atoms with Crippen LogP contribution in [0.5, 0.6) is 0 Å². The van der Waals surface area contributed by atoms with Crippen LogP contribution < -0.4 is 5.32 Å². The van der Waals surface area contributed by atoms with Gasteiger partial charge in [0.1, 0.15) is 0 Å². The number of hydrogen-bond donors (Lipinski definition) is 1. The average Bonchev–Trinajstić information content (AvgIpc) is 2.97. The Morgan fingerprint density at radius 3 is 3.00 bits per heavy atom. The molecule has 3 rings (SSSR count). The first-order chi connectivity index (χ1) is 9.43. The van der Waals surface area contributed by atoms with Gasteiger partial charge in [0.25, 0.3) is 0 Å². The van der Waals surface area contributed by atoms with Gasteiger partial charge in [-0.2, -0.15) is 0 Å². The summed E-state index contributed by atoms with van der Waals surface area (Å²) < 4.78 is 5.67. The van der Waals surface area contributed by atoms with Crippen molar-refractivity contribution in [3.8, 4) is 0 Å². The van der Waals surface area contributed by atoms with E-state index >= 15 is 0 Å². The Morgan fingerprint density at radius 1 is 1.16 bits per heavy atom. The number of aryl methyl sites for hydroxylation is 1. The van der Waals surface area contributed by atoms with Gasteiger partial charge < -0.3 is 10.1 Å². The molecule has 1 fully saturated rings. The van der Waals surface area contributed by atoms with Crippen LogP contribution in [-0.2, 0) is 11.2 Å². The molecule has 2 aliphatic rings. The van der Waals surface area contributed by atoms with Gasteiger partial charge in [0, 0.05) is 12.6 Å². The maximum Gasteiger partial charge on any atom is 0.0576 e. The molecule has 1 aliphatic carbocycles. The molecule has 0 spiro atoms. The van der Waals surface area contributed by atoms with Crippen molar-refractivity contribution in [1.82, 2.24) is 5.32 Å². The molecule has 0 aromatic heterocycles. The average molecular weight is 259 g/mol. The lowest BCUT2D eigenvalue weighted by molar-refractivity contribution is 0.102. The summed E-state index contributed by atoms with van der Waals surface area (Å²) in [5.41, 5.74) is 3.08. The molecule has 1 aromatic carbocycles. The molecule has 19 heavy (non-hydrogen) atoms. The van der Waals surface area contributed by atoms with Crippen molar-refractivity contribution in [3.63, 3.8) is 0 Å². The van der Waals surface area contributed by atoms with Gasteiger partial charge in [-0.15, -0.1) is 0 Å². The van der Waals surface area contributed by atoms with Crippen LogP contribution in [0.1, 0.15) is 55.7 Å². The molecule has 104 valence electrons. The van der Waals surface area contributed by atoms with Crippen LogP contribution in [-0.4, -0.2) is 19.3 Å².